The number of nitrogens with one attached hydrogen (secondary N) is 1. The van der Waals surface area contributed by atoms with E-state index >= 15 is 0 Å². The molecule has 2 aromatic carbocycles. The van der Waals surface area contributed by atoms with Crippen LogP contribution in [-0.4, -0.2) is 37.5 Å². The van der Waals surface area contributed by atoms with Crippen LogP contribution in [-0.2, 0) is 17.8 Å². The predicted molar refractivity (Wildman–Crippen MR) is 132 cm³/mol. The van der Waals surface area contributed by atoms with Gasteiger partial charge in [0, 0.05) is 35.1 Å². The lowest BCUT2D eigenvalue weighted by Crippen LogP contribution is -2.34. The standard InChI is InChI=1S/C27H28FN5O2/c1-27(2,3)32-26-22-13-18(5-9-24(22)29-16-30-26)17-4-8-23(28)19(12-17)15-33(20-6-7-20)25(34)14-21-10-11-31-35-21/h4-5,8-13,16,20H,6-7,14-15H2,1-3H3,(H,29,30,32). The van der Waals surface area contributed by atoms with Gasteiger partial charge in [0.1, 0.15) is 23.7 Å². The molecule has 2 heterocycles. The van der Waals surface area contributed by atoms with Gasteiger partial charge in [-0.15, -0.1) is 0 Å². The second kappa shape index (κ2) is 9.09. The van der Waals surface area contributed by atoms with Crippen molar-refractivity contribution in [2.24, 2.45) is 0 Å². The molecule has 1 fully saturated rings. The van der Waals surface area contributed by atoms with Gasteiger partial charge in [0.15, 0.2) is 0 Å². The van der Waals surface area contributed by atoms with Gasteiger partial charge in [-0.1, -0.05) is 17.3 Å². The van der Waals surface area contributed by atoms with Crippen LogP contribution in [0.3, 0.4) is 0 Å². The van der Waals surface area contributed by atoms with E-state index in [0.29, 0.717) is 11.3 Å². The minimum Gasteiger partial charge on any atom is -0.365 e. The Balaban J connectivity index is 1.44. The van der Waals surface area contributed by atoms with Gasteiger partial charge in [-0.25, -0.2) is 14.4 Å². The van der Waals surface area contributed by atoms with Crippen molar-refractivity contribution in [3.05, 3.63) is 72.1 Å². The summed E-state index contributed by atoms with van der Waals surface area (Å²) < 4.78 is 20.0. The molecule has 4 aromatic rings. The molecule has 7 nitrogen and oxygen atoms in total. The van der Waals surface area contributed by atoms with Crippen molar-refractivity contribution in [3.8, 4) is 11.1 Å². The van der Waals surface area contributed by atoms with E-state index in [2.05, 4.69) is 41.2 Å². The smallest absolute Gasteiger partial charge is 0.230 e. The van der Waals surface area contributed by atoms with Crippen LogP contribution < -0.4 is 5.32 Å². The lowest BCUT2D eigenvalue weighted by atomic mass is 10.00. The number of carbonyl (C=O) groups is 1. The van der Waals surface area contributed by atoms with E-state index in [0.717, 1.165) is 40.7 Å². The average Bonchev–Trinajstić information content (AvgIpc) is 3.53. The van der Waals surface area contributed by atoms with Crippen molar-refractivity contribution in [2.75, 3.05) is 5.32 Å². The first-order chi connectivity index (χ1) is 16.8. The van der Waals surface area contributed by atoms with Crippen molar-refractivity contribution in [2.45, 2.75) is 58.2 Å². The van der Waals surface area contributed by atoms with E-state index in [1.54, 1.807) is 23.4 Å². The third kappa shape index (κ3) is 5.31. The Morgan fingerprint density at radius 2 is 1.89 bits per heavy atom. The quantitative estimate of drug-likeness (QED) is 0.389. The van der Waals surface area contributed by atoms with E-state index in [9.17, 15) is 9.18 Å². The molecule has 5 rings (SSSR count). The van der Waals surface area contributed by atoms with Gasteiger partial charge in [0.2, 0.25) is 5.91 Å². The number of aromatic nitrogens is 3. The monoisotopic (exact) mass is 473 g/mol. The zero-order chi connectivity index (χ0) is 24.6. The van der Waals surface area contributed by atoms with Crippen LogP contribution in [0.1, 0.15) is 44.9 Å². The summed E-state index contributed by atoms with van der Waals surface area (Å²) in [4.78, 5) is 23.5. The predicted octanol–water partition coefficient (Wildman–Crippen LogP) is 5.37. The molecule has 1 N–H and O–H groups in total. The second-order valence-electron chi connectivity index (χ2n) is 10.0. The maximum atomic E-state index is 14.9. The van der Waals surface area contributed by atoms with Crippen LogP contribution in [0.25, 0.3) is 22.0 Å². The Bertz CT molecular complexity index is 1360. The van der Waals surface area contributed by atoms with Crippen molar-refractivity contribution in [3.63, 3.8) is 0 Å². The SMILES string of the molecule is CC(C)(C)Nc1ncnc2ccc(-c3ccc(F)c(CN(C(=O)Cc4ccno4)C4CC4)c3)cc12. The number of benzene rings is 2. The number of amides is 1. The molecule has 35 heavy (non-hydrogen) atoms. The summed E-state index contributed by atoms with van der Waals surface area (Å²) in [6.45, 7) is 6.44. The molecule has 180 valence electrons. The molecule has 1 saturated carbocycles. The number of carbonyl (C=O) groups excluding carboxylic acids is 1. The summed E-state index contributed by atoms with van der Waals surface area (Å²) in [7, 11) is 0. The van der Waals surface area contributed by atoms with Crippen molar-refractivity contribution >= 4 is 22.6 Å². The number of rotatable bonds is 7. The first-order valence-corrected chi connectivity index (χ1v) is 11.8. The fourth-order valence-electron chi connectivity index (χ4n) is 4.14. The molecular formula is C27H28FN5O2. The normalized spacial score (nSPS) is 13.7. The van der Waals surface area contributed by atoms with Crippen molar-refractivity contribution in [1.82, 2.24) is 20.0 Å². The van der Waals surface area contributed by atoms with Crippen molar-refractivity contribution in [1.29, 1.82) is 0 Å². The van der Waals surface area contributed by atoms with Gasteiger partial charge in [0.05, 0.1) is 18.1 Å². The fourth-order valence-corrected chi connectivity index (χ4v) is 4.14. The summed E-state index contributed by atoms with van der Waals surface area (Å²) in [5.41, 5.74) is 2.95. The minimum atomic E-state index is -0.328. The highest BCUT2D eigenvalue weighted by Gasteiger charge is 2.33. The molecule has 0 saturated heterocycles. The number of fused-ring (bicyclic) bond motifs is 1. The first-order valence-electron chi connectivity index (χ1n) is 11.8. The maximum Gasteiger partial charge on any atom is 0.230 e. The first kappa shape index (κ1) is 23.0. The summed E-state index contributed by atoms with van der Waals surface area (Å²) in [5.74, 6) is 0.846. The van der Waals surface area contributed by atoms with E-state index in [1.165, 1.54) is 12.3 Å². The number of anilines is 1. The average molecular weight is 474 g/mol. The molecule has 8 heteroatoms. The molecule has 1 amide bonds. The lowest BCUT2D eigenvalue weighted by Gasteiger charge is -2.23. The zero-order valence-corrected chi connectivity index (χ0v) is 20.1. The van der Waals surface area contributed by atoms with Gasteiger partial charge in [-0.3, -0.25) is 4.79 Å². The summed E-state index contributed by atoms with van der Waals surface area (Å²) in [5, 5.41) is 7.99. The van der Waals surface area contributed by atoms with Crippen LogP contribution >= 0.6 is 0 Å². The highest BCUT2D eigenvalue weighted by molar-refractivity contribution is 5.92. The molecule has 2 aromatic heterocycles. The maximum absolute atomic E-state index is 14.9. The van der Waals surface area contributed by atoms with Crippen LogP contribution in [0.15, 0.2) is 59.5 Å². The number of hydrogen-bond donors (Lipinski definition) is 1. The molecule has 0 unspecified atom stereocenters. The Hall–Kier alpha value is -3.81. The number of halogens is 1. The van der Waals surface area contributed by atoms with E-state index < -0.39 is 0 Å². The van der Waals surface area contributed by atoms with Gasteiger partial charge in [0.25, 0.3) is 0 Å². The van der Waals surface area contributed by atoms with Gasteiger partial charge >= 0.3 is 0 Å². The van der Waals surface area contributed by atoms with Crippen LogP contribution in [0.4, 0.5) is 10.2 Å². The Morgan fingerprint density at radius 3 is 2.60 bits per heavy atom. The third-order valence-electron chi connectivity index (χ3n) is 5.97. The number of nitrogens with zero attached hydrogens (tertiary/aromatic N) is 4. The lowest BCUT2D eigenvalue weighted by molar-refractivity contribution is -0.132. The largest absolute Gasteiger partial charge is 0.365 e. The van der Waals surface area contributed by atoms with Gasteiger partial charge in [-0.2, -0.15) is 0 Å². The summed E-state index contributed by atoms with van der Waals surface area (Å²) in [6, 6.07) is 12.8. The number of hydrogen-bond acceptors (Lipinski definition) is 6. The molecule has 1 aliphatic rings. The Kier molecular flexibility index (Phi) is 5.96. The Morgan fingerprint density at radius 1 is 1.11 bits per heavy atom. The summed E-state index contributed by atoms with van der Waals surface area (Å²) >= 11 is 0. The summed E-state index contributed by atoms with van der Waals surface area (Å²) in [6.07, 6.45) is 5.04. The molecule has 0 radical (unpaired) electrons. The van der Waals surface area contributed by atoms with E-state index in [1.807, 2.05) is 24.3 Å². The molecule has 1 aliphatic carbocycles. The molecule has 0 bridgehead atoms. The molecule has 0 aliphatic heterocycles. The highest BCUT2D eigenvalue weighted by Crippen LogP contribution is 2.32. The second-order valence-corrected chi connectivity index (χ2v) is 10.0. The van der Waals surface area contributed by atoms with E-state index in [4.69, 9.17) is 4.52 Å². The van der Waals surface area contributed by atoms with Gasteiger partial charge < -0.3 is 14.7 Å². The Labute approximate surface area is 203 Å². The third-order valence-corrected chi connectivity index (χ3v) is 5.97. The van der Waals surface area contributed by atoms with E-state index in [-0.39, 0.29) is 36.3 Å². The zero-order valence-electron chi connectivity index (χ0n) is 20.1. The van der Waals surface area contributed by atoms with Crippen LogP contribution in [0.5, 0.6) is 0 Å². The topological polar surface area (TPSA) is 84.2 Å². The minimum absolute atomic E-state index is 0.0881. The van der Waals surface area contributed by atoms with Crippen LogP contribution in [0.2, 0.25) is 0 Å². The van der Waals surface area contributed by atoms with Crippen LogP contribution in [0, 0.1) is 5.82 Å². The fraction of sp³-hybridized carbons (Fsp3) is 0.333. The molecule has 0 atom stereocenters. The highest BCUT2D eigenvalue weighted by atomic mass is 19.1. The molecule has 0 spiro atoms. The van der Waals surface area contributed by atoms with Gasteiger partial charge in [-0.05, 0) is 69.0 Å². The van der Waals surface area contributed by atoms with Crippen molar-refractivity contribution < 1.29 is 13.7 Å². The molecular weight excluding hydrogens is 445 g/mol.